The number of rotatable bonds is 2. The first-order valence-electron chi connectivity index (χ1n) is 8.53. The van der Waals surface area contributed by atoms with Gasteiger partial charge in [-0.3, -0.25) is 4.57 Å². The largest absolute Gasteiger partial charge is 1.00 e. The molecule has 134 valence electrons. The summed E-state index contributed by atoms with van der Waals surface area (Å²) in [5.74, 6) is 2.44. The Hall–Kier alpha value is -2.74. The SMILES string of the molecule is C[n+]1ccc(-c2nnc3n2-c2ccccc2OC3c2ccccc2)cc1.[I-]. The topological polar surface area (TPSA) is 43.8 Å². The van der Waals surface area contributed by atoms with Crippen LogP contribution >= 0.6 is 0 Å². The van der Waals surface area contributed by atoms with Crippen LogP contribution in [0.3, 0.4) is 0 Å². The highest BCUT2D eigenvalue weighted by Crippen LogP contribution is 2.40. The Morgan fingerprint density at radius 2 is 1.59 bits per heavy atom. The molecule has 1 atom stereocenters. The first kappa shape index (κ1) is 17.7. The lowest BCUT2D eigenvalue weighted by molar-refractivity contribution is -0.671. The number of aryl methyl sites for hydroxylation is 1. The van der Waals surface area contributed by atoms with Crippen molar-refractivity contribution in [1.82, 2.24) is 14.8 Å². The lowest BCUT2D eigenvalue weighted by Gasteiger charge is -2.27. The zero-order valence-electron chi connectivity index (χ0n) is 14.7. The molecule has 6 heteroatoms. The van der Waals surface area contributed by atoms with E-state index in [1.165, 1.54) is 0 Å². The highest BCUT2D eigenvalue weighted by molar-refractivity contribution is 5.62. The lowest BCUT2D eigenvalue weighted by Crippen LogP contribution is -3.00. The molecule has 0 bridgehead atoms. The zero-order valence-corrected chi connectivity index (χ0v) is 16.8. The smallest absolute Gasteiger partial charge is 0.184 e. The van der Waals surface area contributed by atoms with Crippen LogP contribution in [0.25, 0.3) is 17.1 Å². The summed E-state index contributed by atoms with van der Waals surface area (Å²) in [6, 6.07) is 22.2. The van der Waals surface area contributed by atoms with Crippen molar-refractivity contribution in [3.63, 3.8) is 0 Å². The fraction of sp³-hybridized carbons (Fsp3) is 0.0952. The second kappa shape index (κ2) is 7.11. The molecule has 0 saturated heterocycles. The maximum absolute atomic E-state index is 6.29. The molecule has 0 amide bonds. The van der Waals surface area contributed by atoms with E-state index in [4.69, 9.17) is 4.74 Å². The predicted octanol–water partition coefficient (Wildman–Crippen LogP) is 0.245. The number of fused-ring (bicyclic) bond motifs is 3. The molecule has 4 aromatic rings. The Bertz CT molecular complexity index is 1080. The zero-order chi connectivity index (χ0) is 17.5. The molecule has 0 N–H and O–H groups in total. The van der Waals surface area contributed by atoms with Gasteiger partial charge < -0.3 is 28.7 Å². The van der Waals surface area contributed by atoms with Crippen molar-refractivity contribution in [2.24, 2.45) is 7.05 Å². The fourth-order valence-electron chi connectivity index (χ4n) is 3.31. The lowest BCUT2D eigenvalue weighted by atomic mass is 10.1. The molecule has 0 saturated carbocycles. The van der Waals surface area contributed by atoms with Crippen molar-refractivity contribution in [3.05, 3.63) is 90.5 Å². The second-order valence-corrected chi connectivity index (χ2v) is 6.35. The summed E-state index contributed by atoms with van der Waals surface area (Å²) < 4.78 is 10.4. The minimum absolute atomic E-state index is 0. The van der Waals surface area contributed by atoms with E-state index in [0.29, 0.717) is 0 Å². The van der Waals surface area contributed by atoms with E-state index in [9.17, 15) is 0 Å². The van der Waals surface area contributed by atoms with Crippen LogP contribution in [0.2, 0.25) is 0 Å². The molecule has 1 unspecified atom stereocenters. The van der Waals surface area contributed by atoms with Gasteiger partial charge in [0.2, 0.25) is 0 Å². The number of benzene rings is 2. The number of aromatic nitrogens is 4. The third-order valence-electron chi connectivity index (χ3n) is 4.61. The molecular weight excluding hydrogens is 451 g/mol. The molecule has 0 radical (unpaired) electrons. The molecular formula is C21H17IN4O. The normalized spacial score (nSPS) is 14.5. The van der Waals surface area contributed by atoms with Crippen LogP contribution in [0.4, 0.5) is 0 Å². The minimum Gasteiger partial charge on any atom is -1.00 e. The van der Waals surface area contributed by atoms with Crippen LogP contribution in [-0.2, 0) is 7.05 Å². The van der Waals surface area contributed by atoms with Crippen molar-refractivity contribution < 1.29 is 33.3 Å². The van der Waals surface area contributed by atoms with E-state index in [2.05, 4.69) is 26.9 Å². The summed E-state index contributed by atoms with van der Waals surface area (Å²) in [4.78, 5) is 0. The number of ether oxygens (including phenoxy) is 1. The van der Waals surface area contributed by atoms with Crippen LogP contribution in [0.5, 0.6) is 5.75 Å². The molecule has 3 heterocycles. The molecule has 2 aromatic carbocycles. The van der Waals surface area contributed by atoms with Crippen molar-refractivity contribution in [2.45, 2.75) is 6.10 Å². The number of hydrogen-bond donors (Lipinski definition) is 0. The van der Waals surface area contributed by atoms with Crippen molar-refractivity contribution >= 4 is 0 Å². The van der Waals surface area contributed by atoms with Crippen molar-refractivity contribution in [3.8, 4) is 22.8 Å². The maximum Gasteiger partial charge on any atom is 0.184 e. The standard InChI is InChI=1S/C21H17N4O.HI/c1-24-13-11-16(12-14-24)20-22-23-21-19(15-7-3-2-4-8-15)26-18-10-6-5-9-17(18)25(20)21;/h2-14,19H,1H3;1H/q+1;/p-1. The van der Waals surface area contributed by atoms with Gasteiger partial charge in [-0.15, -0.1) is 10.2 Å². The summed E-state index contributed by atoms with van der Waals surface area (Å²) in [5, 5.41) is 8.99. The Morgan fingerprint density at radius 3 is 2.37 bits per heavy atom. The van der Waals surface area contributed by atoms with Gasteiger partial charge in [-0.25, -0.2) is 4.57 Å². The van der Waals surface area contributed by atoms with Gasteiger partial charge in [0.15, 0.2) is 30.1 Å². The van der Waals surface area contributed by atoms with Gasteiger partial charge in [0.05, 0.1) is 5.69 Å². The molecule has 27 heavy (non-hydrogen) atoms. The van der Waals surface area contributed by atoms with Crippen LogP contribution in [0.15, 0.2) is 79.1 Å². The molecule has 2 aromatic heterocycles. The summed E-state index contributed by atoms with van der Waals surface area (Å²) in [6.07, 6.45) is 3.74. The van der Waals surface area contributed by atoms with Crippen molar-refractivity contribution in [2.75, 3.05) is 0 Å². The minimum atomic E-state index is -0.285. The van der Waals surface area contributed by atoms with E-state index < -0.39 is 0 Å². The first-order valence-corrected chi connectivity index (χ1v) is 8.53. The average Bonchev–Trinajstić information content (AvgIpc) is 3.14. The van der Waals surface area contributed by atoms with E-state index in [1.807, 2.05) is 78.6 Å². The third kappa shape index (κ3) is 2.99. The predicted molar refractivity (Wildman–Crippen MR) is 96.9 cm³/mol. The first-order chi connectivity index (χ1) is 12.8. The monoisotopic (exact) mass is 468 g/mol. The van der Waals surface area contributed by atoms with E-state index in [-0.39, 0.29) is 30.1 Å². The van der Waals surface area contributed by atoms with Gasteiger partial charge in [-0.1, -0.05) is 42.5 Å². The van der Waals surface area contributed by atoms with Gasteiger partial charge >= 0.3 is 0 Å². The second-order valence-electron chi connectivity index (χ2n) is 6.35. The Balaban J connectivity index is 0.00000180. The molecule has 0 aliphatic carbocycles. The van der Waals surface area contributed by atoms with Crippen LogP contribution in [0.1, 0.15) is 17.5 Å². The number of halogens is 1. The maximum atomic E-state index is 6.29. The third-order valence-corrected chi connectivity index (χ3v) is 4.61. The molecule has 1 aliphatic heterocycles. The fourth-order valence-corrected chi connectivity index (χ4v) is 3.31. The van der Waals surface area contributed by atoms with Crippen LogP contribution in [-0.4, -0.2) is 14.8 Å². The van der Waals surface area contributed by atoms with Gasteiger partial charge in [-0.2, -0.15) is 0 Å². The molecule has 1 aliphatic rings. The number of para-hydroxylation sites is 2. The van der Waals surface area contributed by atoms with E-state index in [0.717, 1.165) is 34.2 Å². The van der Waals surface area contributed by atoms with Gasteiger partial charge in [-0.05, 0) is 12.1 Å². The van der Waals surface area contributed by atoms with Gasteiger partial charge in [0, 0.05) is 23.3 Å². The highest BCUT2D eigenvalue weighted by atomic mass is 127. The van der Waals surface area contributed by atoms with Gasteiger partial charge in [0.25, 0.3) is 0 Å². The number of nitrogens with zero attached hydrogens (tertiary/aromatic N) is 4. The summed E-state index contributed by atoms with van der Waals surface area (Å²) in [6.45, 7) is 0. The van der Waals surface area contributed by atoms with E-state index in [1.54, 1.807) is 0 Å². The van der Waals surface area contributed by atoms with Crippen molar-refractivity contribution in [1.29, 1.82) is 0 Å². The summed E-state index contributed by atoms with van der Waals surface area (Å²) in [5.41, 5.74) is 3.04. The van der Waals surface area contributed by atoms with Gasteiger partial charge in [0.1, 0.15) is 12.8 Å². The molecule has 5 rings (SSSR count). The Labute approximate surface area is 174 Å². The van der Waals surface area contributed by atoms with Crippen LogP contribution < -0.4 is 33.3 Å². The molecule has 0 fully saturated rings. The quantitative estimate of drug-likeness (QED) is 0.313. The van der Waals surface area contributed by atoms with Crippen LogP contribution in [0, 0.1) is 0 Å². The molecule has 0 spiro atoms. The Kier molecular flexibility index (Phi) is 4.65. The summed E-state index contributed by atoms with van der Waals surface area (Å²) in [7, 11) is 2.00. The average molecular weight is 468 g/mol. The van der Waals surface area contributed by atoms with E-state index >= 15 is 0 Å². The number of pyridine rings is 1. The molecule has 5 nitrogen and oxygen atoms in total. The number of hydrogen-bond acceptors (Lipinski definition) is 3. The Morgan fingerprint density at radius 1 is 0.889 bits per heavy atom. The summed E-state index contributed by atoms with van der Waals surface area (Å²) >= 11 is 0. The highest BCUT2D eigenvalue weighted by Gasteiger charge is 2.32.